The van der Waals surface area contributed by atoms with Crippen molar-refractivity contribution < 1.29 is 4.74 Å². The van der Waals surface area contributed by atoms with Gasteiger partial charge in [0.25, 0.3) is 0 Å². The molecule has 1 nitrogen and oxygen atoms in total. The van der Waals surface area contributed by atoms with Crippen LogP contribution < -0.4 is 4.74 Å². The first kappa shape index (κ1) is 12.8. The van der Waals surface area contributed by atoms with Crippen molar-refractivity contribution in [1.82, 2.24) is 0 Å². The van der Waals surface area contributed by atoms with Crippen LogP contribution in [0.25, 0.3) is 0 Å². The Balaban J connectivity index is 2.02. The maximum absolute atomic E-state index is 6.50. The summed E-state index contributed by atoms with van der Waals surface area (Å²) in [7, 11) is 0. The SMILES string of the molecule is Cc1ccc2c(c1)C(Cl)C(Cl)C(c1ccccc1)O2. The predicted octanol–water partition coefficient (Wildman–Crippen LogP) is 5.02. The van der Waals surface area contributed by atoms with Crippen LogP contribution in [0.1, 0.15) is 28.2 Å². The molecule has 3 atom stereocenters. The average molecular weight is 293 g/mol. The predicted molar refractivity (Wildman–Crippen MR) is 79.2 cm³/mol. The molecule has 0 fully saturated rings. The Labute approximate surface area is 123 Å². The van der Waals surface area contributed by atoms with E-state index in [2.05, 4.69) is 0 Å². The Morgan fingerprint density at radius 1 is 1.00 bits per heavy atom. The molecule has 1 aliphatic heterocycles. The number of fused-ring (bicyclic) bond motifs is 1. The summed E-state index contributed by atoms with van der Waals surface area (Å²) in [6.07, 6.45) is -0.208. The Kier molecular flexibility index (Phi) is 3.42. The summed E-state index contributed by atoms with van der Waals surface area (Å²) < 4.78 is 6.04. The molecule has 0 N–H and O–H groups in total. The summed E-state index contributed by atoms with van der Waals surface area (Å²) in [5, 5.41) is -0.520. The lowest BCUT2D eigenvalue weighted by Crippen LogP contribution is -2.28. The summed E-state index contributed by atoms with van der Waals surface area (Å²) >= 11 is 13.0. The van der Waals surface area contributed by atoms with Crippen molar-refractivity contribution in [2.45, 2.75) is 23.8 Å². The zero-order valence-corrected chi connectivity index (χ0v) is 12.0. The lowest BCUT2D eigenvalue weighted by molar-refractivity contribution is 0.178. The highest BCUT2D eigenvalue weighted by Crippen LogP contribution is 2.46. The van der Waals surface area contributed by atoms with E-state index in [4.69, 9.17) is 27.9 Å². The van der Waals surface area contributed by atoms with Crippen molar-refractivity contribution >= 4 is 23.2 Å². The molecule has 0 aromatic heterocycles. The molecule has 1 aliphatic rings. The van der Waals surface area contributed by atoms with Crippen LogP contribution in [0.4, 0.5) is 0 Å². The van der Waals surface area contributed by atoms with Crippen LogP contribution in [0.5, 0.6) is 5.75 Å². The van der Waals surface area contributed by atoms with Crippen molar-refractivity contribution in [3.05, 3.63) is 65.2 Å². The second-order valence-corrected chi connectivity index (χ2v) is 5.81. The zero-order chi connectivity index (χ0) is 13.4. The zero-order valence-electron chi connectivity index (χ0n) is 10.5. The maximum Gasteiger partial charge on any atom is 0.142 e. The fourth-order valence-electron chi connectivity index (χ4n) is 2.41. The van der Waals surface area contributed by atoms with Crippen molar-refractivity contribution in [3.8, 4) is 5.75 Å². The first-order valence-corrected chi connectivity index (χ1v) is 7.14. The largest absolute Gasteiger partial charge is 0.484 e. The summed E-state index contributed by atoms with van der Waals surface area (Å²) in [6, 6.07) is 16.0. The van der Waals surface area contributed by atoms with Gasteiger partial charge in [0.2, 0.25) is 0 Å². The summed E-state index contributed by atoms with van der Waals surface area (Å²) in [5.74, 6) is 0.830. The summed E-state index contributed by atoms with van der Waals surface area (Å²) in [5.41, 5.74) is 3.20. The molecule has 2 aromatic rings. The quantitative estimate of drug-likeness (QED) is 0.671. The number of benzene rings is 2. The van der Waals surface area contributed by atoms with Crippen molar-refractivity contribution in [1.29, 1.82) is 0 Å². The molecule has 1 heterocycles. The van der Waals surface area contributed by atoms with Crippen LogP contribution in [0, 0.1) is 6.92 Å². The van der Waals surface area contributed by atoms with Crippen LogP contribution in [0.3, 0.4) is 0 Å². The first-order chi connectivity index (χ1) is 9.16. The van der Waals surface area contributed by atoms with Crippen LogP contribution in [-0.4, -0.2) is 5.38 Å². The van der Waals surface area contributed by atoms with Gasteiger partial charge in [-0.3, -0.25) is 0 Å². The Morgan fingerprint density at radius 2 is 1.74 bits per heavy atom. The van der Waals surface area contributed by atoms with Crippen LogP contribution in [0.2, 0.25) is 0 Å². The van der Waals surface area contributed by atoms with Gasteiger partial charge >= 0.3 is 0 Å². The molecule has 2 aromatic carbocycles. The molecule has 3 rings (SSSR count). The number of aryl methyl sites for hydroxylation is 1. The second-order valence-electron chi connectivity index (χ2n) is 4.84. The third-order valence-corrected chi connectivity index (χ3v) is 4.53. The van der Waals surface area contributed by atoms with E-state index >= 15 is 0 Å². The highest BCUT2D eigenvalue weighted by Gasteiger charge is 2.36. The molecule has 0 spiro atoms. The third-order valence-electron chi connectivity index (χ3n) is 3.41. The third kappa shape index (κ3) is 2.33. The van der Waals surface area contributed by atoms with Crippen LogP contribution in [-0.2, 0) is 0 Å². The second kappa shape index (κ2) is 5.07. The van der Waals surface area contributed by atoms with Crippen molar-refractivity contribution in [2.75, 3.05) is 0 Å². The molecule has 3 heteroatoms. The van der Waals surface area contributed by atoms with Gasteiger partial charge in [0, 0.05) is 5.56 Å². The fraction of sp³-hybridized carbons (Fsp3) is 0.250. The number of hydrogen-bond donors (Lipinski definition) is 0. The Bertz CT molecular complexity index is 583. The van der Waals surface area contributed by atoms with Gasteiger partial charge in [0.05, 0.1) is 10.8 Å². The van der Waals surface area contributed by atoms with E-state index in [1.54, 1.807) is 0 Å². The van der Waals surface area contributed by atoms with Gasteiger partial charge < -0.3 is 4.74 Å². The number of halogens is 2. The Hall–Kier alpha value is -1.18. The number of hydrogen-bond acceptors (Lipinski definition) is 1. The van der Waals surface area contributed by atoms with E-state index in [-0.39, 0.29) is 16.9 Å². The lowest BCUT2D eigenvalue weighted by atomic mass is 9.95. The van der Waals surface area contributed by atoms with Crippen molar-refractivity contribution in [2.24, 2.45) is 0 Å². The van der Waals surface area contributed by atoms with E-state index in [9.17, 15) is 0 Å². The monoisotopic (exact) mass is 292 g/mol. The molecule has 0 aliphatic carbocycles. The van der Waals surface area contributed by atoms with E-state index in [1.807, 2.05) is 55.5 Å². The van der Waals surface area contributed by atoms with Gasteiger partial charge in [-0.15, -0.1) is 23.2 Å². The van der Waals surface area contributed by atoms with Crippen molar-refractivity contribution in [3.63, 3.8) is 0 Å². The van der Waals surface area contributed by atoms with E-state index < -0.39 is 0 Å². The van der Waals surface area contributed by atoms with E-state index in [0.717, 1.165) is 22.4 Å². The fourth-order valence-corrected chi connectivity index (χ4v) is 3.05. The maximum atomic E-state index is 6.50. The normalized spacial score (nSPS) is 25.5. The van der Waals surface area contributed by atoms with Gasteiger partial charge in [0.1, 0.15) is 11.9 Å². The minimum Gasteiger partial charge on any atom is -0.484 e. The first-order valence-electron chi connectivity index (χ1n) is 6.27. The van der Waals surface area contributed by atoms with Gasteiger partial charge in [-0.25, -0.2) is 0 Å². The van der Waals surface area contributed by atoms with Crippen LogP contribution in [0.15, 0.2) is 48.5 Å². The lowest BCUT2D eigenvalue weighted by Gasteiger charge is -2.34. The molecule has 0 saturated heterocycles. The minimum absolute atomic E-state index is 0.208. The minimum atomic E-state index is -0.279. The molecular weight excluding hydrogens is 279 g/mol. The van der Waals surface area contributed by atoms with E-state index in [0.29, 0.717) is 0 Å². The van der Waals surface area contributed by atoms with Gasteiger partial charge in [0.15, 0.2) is 0 Å². The summed E-state index contributed by atoms with van der Waals surface area (Å²) in [6.45, 7) is 2.04. The number of ether oxygens (including phenoxy) is 1. The molecule has 0 bridgehead atoms. The van der Waals surface area contributed by atoms with Crippen LogP contribution >= 0.6 is 23.2 Å². The van der Waals surface area contributed by atoms with Gasteiger partial charge in [-0.2, -0.15) is 0 Å². The topological polar surface area (TPSA) is 9.23 Å². The van der Waals surface area contributed by atoms with E-state index in [1.165, 1.54) is 0 Å². The Morgan fingerprint density at radius 3 is 2.47 bits per heavy atom. The molecule has 98 valence electrons. The molecule has 0 saturated carbocycles. The number of alkyl halides is 2. The highest BCUT2D eigenvalue weighted by molar-refractivity contribution is 6.30. The standard InChI is InChI=1S/C16H14Cl2O/c1-10-7-8-13-12(9-10)14(17)15(18)16(19-13)11-5-3-2-4-6-11/h2-9,14-16H,1H3. The average Bonchev–Trinajstić information content (AvgIpc) is 2.44. The summed E-state index contributed by atoms with van der Waals surface area (Å²) in [4.78, 5) is 0. The molecule has 3 unspecified atom stereocenters. The molecular formula is C16H14Cl2O. The van der Waals surface area contributed by atoms with Gasteiger partial charge in [-0.05, 0) is 18.6 Å². The highest BCUT2D eigenvalue weighted by atomic mass is 35.5. The number of rotatable bonds is 1. The molecule has 0 amide bonds. The smallest absolute Gasteiger partial charge is 0.142 e. The molecule has 0 radical (unpaired) electrons. The van der Waals surface area contributed by atoms with Gasteiger partial charge in [-0.1, -0.05) is 48.0 Å². The molecule has 19 heavy (non-hydrogen) atoms.